The van der Waals surface area contributed by atoms with Gasteiger partial charge in [-0.25, -0.2) is 0 Å². The van der Waals surface area contributed by atoms with Crippen LogP contribution in [0.3, 0.4) is 0 Å². The minimum Gasteiger partial charge on any atom is -0.491 e. The lowest BCUT2D eigenvalue weighted by atomic mass is 10.2. The minimum absolute atomic E-state index is 0.0849. The van der Waals surface area contributed by atoms with E-state index in [9.17, 15) is 4.79 Å². The number of ether oxygens (including phenoxy) is 1. The largest absolute Gasteiger partial charge is 0.491 e. The molecule has 0 aliphatic rings. The Morgan fingerprint density at radius 2 is 1.79 bits per heavy atom. The van der Waals surface area contributed by atoms with E-state index >= 15 is 0 Å². The van der Waals surface area contributed by atoms with E-state index < -0.39 is 0 Å². The van der Waals surface area contributed by atoms with Gasteiger partial charge in [0.15, 0.2) is 0 Å². The van der Waals surface area contributed by atoms with Crippen LogP contribution in [0.25, 0.3) is 6.08 Å². The van der Waals surface area contributed by atoms with Gasteiger partial charge in [-0.15, -0.1) is 0 Å². The number of carbonyl (C=O) groups is 1. The van der Waals surface area contributed by atoms with E-state index in [0.29, 0.717) is 10.7 Å². The molecular formula is C18H16Cl3NO2. The summed E-state index contributed by atoms with van der Waals surface area (Å²) in [6.07, 6.45) is 3.16. The summed E-state index contributed by atoms with van der Waals surface area (Å²) in [7, 11) is 0. The Hall–Kier alpha value is -1.68. The molecule has 0 atom stereocenters. The molecular weight excluding hydrogens is 369 g/mol. The minimum atomic E-state index is -0.351. The van der Waals surface area contributed by atoms with Crippen LogP contribution in [0.2, 0.25) is 15.1 Å². The predicted molar refractivity (Wildman–Crippen MR) is 101 cm³/mol. The highest BCUT2D eigenvalue weighted by molar-refractivity contribution is 6.42. The van der Waals surface area contributed by atoms with Gasteiger partial charge in [0.1, 0.15) is 5.75 Å². The standard InChI is InChI=1S/C18H16Cl3NO2/c1-11(2)24-14-5-3-4-12(8-14)6-7-17(23)22-18-15(20)9-13(19)10-16(18)21/h3-11H,1-2H3,(H,22,23)/b7-6+. The van der Waals surface area contributed by atoms with Gasteiger partial charge in [-0.1, -0.05) is 46.9 Å². The van der Waals surface area contributed by atoms with E-state index in [0.717, 1.165) is 11.3 Å². The molecule has 0 aliphatic heterocycles. The first-order chi connectivity index (χ1) is 11.3. The van der Waals surface area contributed by atoms with Crippen LogP contribution in [0.5, 0.6) is 5.75 Å². The van der Waals surface area contributed by atoms with E-state index in [1.165, 1.54) is 18.2 Å². The van der Waals surface area contributed by atoms with E-state index in [1.54, 1.807) is 6.08 Å². The fourth-order valence-electron chi connectivity index (χ4n) is 1.96. The van der Waals surface area contributed by atoms with Crippen LogP contribution in [-0.2, 0) is 4.79 Å². The Kier molecular flexibility index (Phi) is 6.55. The zero-order valence-corrected chi connectivity index (χ0v) is 15.4. The molecule has 3 nitrogen and oxygen atoms in total. The molecule has 1 amide bonds. The Morgan fingerprint density at radius 1 is 1.12 bits per heavy atom. The Balaban J connectivity index is 2.09. The third kappa shape index (κ3) is 5.45. The summed E-state index contributed by atoms with van der Waals surface area (Å²) in [6, 6.07) is 10.5. The molecule has 0 saturated carbocycles. The summed E-state index contributed by atoms with van der Waals surface area (Å²) < 4.78 is 5.62. The lowest BCUT2D eigenvalue weighted by Crippen LogP contribution is -2.08. The van der Waals surface area contributed by atoms with E-state index in [1.807, 2.05) is 38.1 Å². The highest BCUT2D eigenvalue weighted by Crippen LogP contribution is 2.33. The van der Waals surface area contributed by atoms with Crippen molar-refractivity contribution >= 4 is 52.5 Å². The molecule has 0 fully saturated rings. The average Bonchev–Trinajstić information content (AvgIpc) is 2.48. The monoisotopic (exact) mass is 383 g/mol. The molecule has 24 heavy (non-hydrogen) atoms. The van der Waals surface area contributed by atoms with Crippen LogP contribution in [0.15, 0.2) is 42.5 Å². The van der Waals surface area contributed by atoms with Crippen LogP contribution in [0.1, 0.15) is 19.4 Å². The van der Waals surface area contributed by atoms with E-state index in [-0.39, 0.29) is 22.1 Å². The summed E-state index contributed by atoms with van der Waals surface area (Å²) in [6.45, 7) is 3.91. The predicted octanol–water partition coefficient (Wildman–Crippen LogP) is 6.09. The molecule has 0 bridgehead atoms. The summed E-state index contributed by atoms with van der Waals surface area (Å²) in [5.41, 5.74) is 1.17. The van der Waals surface area contributed by atoms with Crippen molar-refractivity contribution in [2.24, 2.45) is 0 Å². The first-order valence-electron chi connectivity index (χ1n) is 7.25. The zero-order valence-electron chi connectivity index (χ0n) is 13.1. The molecule has 1 N–H and O–H groups in total. The second kappa shape index (κ2) is 8.43. The number of amides is 1. The number of halogens is 3. The first kappa shape index (κ1) is 18.7. The Morgan fingerprint density at radius 3 is 2.42 bits per heavy atom. The Bertz CT molecular complexity index is 750. The molecule has 0 unspecified atom stereocenters. The Labute approximate surface area is 156 Å². The maximum absolute atomic E-state index is 12.1. The van der Waals surface area contributed by atoms with Gasteiger partial charge in [0.2, 0.25) is 5.91 Å². The smallest absolute Gasteiger partial charge is 0.248 e. The molecule has 2 aromatic carbocycles. The van der Waals surface area contributed by atoms with Gasteiger partial charge in [-0.3, -0.25) is 4.79 Å². The number of carbonyl (C=O) groups excluding carboxylic acids is 1. The van der Waals surface area contributed by atoms with Crippen molar-refractivity contribution in [2.75, 3.05) is 5.32 Å². The van der Waals surface area contributed by atoms with Gasteiger partial charge in [0.05, 0.1) is 21.8 Å². The lowest BCUT2D eigenvalue weighted by molar-refractivity contribution is -0.111. The first-order valence-corrected chi connectivity index (χ1v) is 8.39. The van der Waals surface area contributed by atoms with Gasteiger partial charge >= 0.3 is 0 Å². The quantitative estimate of drug-likeness (QED) is 0.634. The molecule has 0 saturated heterocycles. The summed E-state index contributed by atoms with van der Waals surface area (Å²) in [5.74, 6) is 0.396. The number of benzene rings is 2. The third-order valence-electron chi connectivity index (χ3n) is 2.91. The van der Waals surface area contributed by atoms with E-state index in [4.69, 9.17) is 39.5 Å². The maximum atomic E-state index is 12.1. The van der Waals surface area contributed by atoms with Crippen LogP contribution in [0, 0.1) is 0 Å². The second-order valence-electron chi connectivity index (χ2n) is 5.31. The van der Waals surface area contributed by atoms with Crippen molar-refractivity contribution in [1.82, 2.24) is 0 Å². The molecule has 126 valence electrons. The fraction of sp³-hybridized carbons (Fsp3) is 0.167. The molecule has 0 heterocycles. The summed E-state index contributed by atoms with van der Waals surface area (Å²) >= 11 is 17.9. The number of anilines is 1. The van der Waals surface area contributed by atoms with Crippen molar-refractivity contribution in [3.8, 4) is 5.75 Å². The molecule has 2 aromatic rings. The van der Waals surface area contributed by atoms with Crippen molar-refractivity contribution < 1.29 is 9.53 Å². The van der Waals surface area contributed by atoms with Gasteiger partial charge in [-0.2, -0.15) is 0 Å². The third-order valence-corrected chi connectivity index (χ3v) is 3.73. The fourth-order valence-corrected chi connectivity index (χ4v) is 2.87. The van der Waals surface area contributed by atoms with Crippen molar-refractivity contribution in [3.63, 3.8) is 0 Å². The van der Waals surface area contributed by atoms with Crippen LogP contribution in [-0.4, -0.2) is 12.0 Å². The van der Waals surface area contributed by atoms with E-state index in [2.05, 4.69) is 5.32 Å². The van der Waals surface area contributed by atoms with Gasteiger partial charge < -0.3 is 10.1 Å². The van der Waals surface area contributed by atoms with Crippen molar-refractivity contribution in [2.45, 2.75) is 20.0 Å². The number of hydrogen-bond acceptors (Lipinski definition) is 2. The lowest BCUT2D eigenvalue weighted by Gasteiger charge is -2.10. The normalized spacial score (nSPS) is 11.1. The maximum Gasteiger partial charge on any atom is 0.248 e. The molecule has 0 aromatic heterocycles. The highest BCUT2D eigenvalue weighted by atomic mass is 35.5. The van der Waals surface area contributed by atoms with Crippen molar-refractivity contribution in [3.05, 3.63) is 63.1 Å². The average molecular weight is 385 g/mol. The zero-order chi connectivity index (χ0) is 17.7. The SMILES string of the molecule is CC(C)Oc1cccc(/C=C/C(=O)Nc2c(Cl)cc(Cl)cc2Cl)c1. The van der Waals surface area contributed by atoms with Gasteiger partial charge in [0, 0.05) is 11.1 Å². The molecule has 2 rings (SSSR count). The van der Waals surface area contributed by atoms with Crippen LogP contribution in [0.4, 0.5) is 5.69 Å². The molecule has 0 spiro atoms. The molecule has 0 aliphatic carbocycles. The summed E-state index contributed by atoms with van der Waals surface area (Å²) in [4.78, 5) is 12.1. The van der Waals surface area contributed by atoms with Crippen LogP contribution < -0.4 is 10.1 Å². The number of nitrogens with one attached hydrogen (secondary N) is 1. The van der Waals surface area contributed by atoms with Crippen LogP contribution >= 0.6 is 34.8 Å². The second-order valence-corrected chi connectivity index (χ2v) is 6.56. The number of rotatable bonds is 5. The summed E-state index contributed by atoms with van der Waals surface area (Å²) in [5, 5.41) is 3.60. The van der Waals surface area contributed by atoms with Gasteiger partial charge in [-0.05, 0) is 49.8 Å². The number of hydrogen-bond donors (Lipinski definition) is 1. The molecule has 0 radical (unpaired) electrons. The molecule has 6 heteroatoms. The van der Waals surface area contributed by atoms with Gasteiger partial charge in [0.25, 0.3) is 0 Å². The topological polar surface area (TPSA) is 38.3 Å². The van der Waals surface area contributed by atoms with Crippen molar-refractivity contribution in [1.29, 1.82) is 0 Å². The highest BCUT2D eigenvalue weighted by Gasteiger charge is 2.09.